The summed E-state index contributed by atoms with van der Waals surface area (Å²) in [5, 5.41) is 9.31. The molecule has 0 bridgehead atoms. The third-order valence-electron chi connectivity index (χ3n) is 3.86. The maximum Gasteiger partial charge on any atom is 0.280 e. The number of amides is 1. The van der Waals surface area contributed by atoms with Crippen molar-refractivity contribution in [2.24, 2.45) is 0 Å². The number of aromatic nitrogens is 3. The van der Waals surface area contributed by atoms with E-state index in [0.29, 0.717) is 23.1 Å². The highest BCUT2D eigenvalue weighted by Gasteiger charge is 2.19. The lowest BCUT2D eigenvalue weighted by molar-refractivity contribution is 0.0945. The van der Waals surface area contributed by atoms with E-state index in [9.17, 15) is 4.79 Å². The summed E-state index contributed by atoms with van der Waals surface area (Å²) in [5.74, 6) is 0.870. The Balaban J connectivity index is 1.35. The quantitative estimate of drug-likeness (QED) is 0.756. The van der Waals surface area contributed by atoms with E-state index in [2.05, 4.69) is 20.4 Å². The number of nitrogens with zero attached hydrogens (tertiary/aromatic N) is 3. The smallest absolute Gasteiger partial charge is 0.280 e. The number of nitrogens with one attached hydrogen (secondary N) is 1. The van der Waals surface area contributed by atoms with Crippen LogP contribution in [-0.4, -0.2) is 21.0 Å². The molecule has 0 fully saturated rings. The Morgan fingerprint density at radius 3 is 3.04 bits per heavy atom. The van der Waals surface area contributed by atoms with Crippen molar-refractivity contribution in [3.05, 3.63) is 49.7 Å². The Morgan fingerprint density at radius 2 is 2.21 bits per heavy atom. The van der Waals surface area contributed by atoms with Crippen LogP contribution in [0.25, 0.3) is 0 Å². The van der Waals surface area contributed by atoms with Crippen molar-refractivity contribution in [2.45, 2.75) is 38.6 Å². The van der Waals surface area contributed by atoms with E-state index in [1.807, 2.05) is 17.5 Å². The number of carbonyl (C=O) groups excluding carboxylic acids is 1. The minimum atomic E-state index is -0.174. The zero-order valence-corrected chi connectivity index (χ0v) is 14.6. The minimum absolute atomic E-state index is 0.174. The van der Waals surface area contributed by atoms with Gasteiger partial charge >= 0.3 is 0 Å². The summed E-state index contributed by atoms with van der Waals surface area (Å²) in [7, 11) is 0. The van der Waals surface area contributed by atoms with Gasteiger partial charge in [0.2, 0.25) is 5.89 Å². The molecule has 0 aromatic carbocycles. The molecule has 3 aromatic rings. The Hall–Kier alpha value is -2.06. The van der Waals surface area contributed by atoms with Gasteiger partial charge in [-0.1, -0.05) is 11.2 Å². The summed E-state index contributed by atoms with van der Waals surface area (Å²) in [6.45, 7) is 0.223. The maximum atomic E-state index is 12.2. The highest BCUT2D eigenvalue weighted by atomic mass is 32.1. The molecule has 8 heteroatoms. The third-order valence-corrected chi connectivity index (χ3v) is 5.90. The number of thiophene rings is 1. The second-order valence-electron chi connectivity index (χ2n) is 5.64. The minimum Gasteiger partial charge on any atom is -0.341 e. The molecule has 0 atom stereocenters. The monoisotopic (exact) mass is 360 g/mol. The van der Waals surface area contributed by atoms with E-state index in [0.717, 1.165) is 25.0 Å². The van der Waals surface area contributed by atoms with Crippen LogP contribution in [0, 0.1) is 0 Å². The molecule has 1 amide bonds. The van der Waals surface area contributed by atoms with E-state index in [1.54, 1.807) is 11.3 Å². The van der Waals surface area contributed by atoms with E-state index in [1.165, 1.54) is 27.5 Å². The van der Waals surface area contributed by atoms with Crippen molar-refractivity contribution in [3.8, 4) is 0 Å². The average Bonchev–Trinajstić information content (AvgIpc) is 3.33. The van der Waals surface area contributed by atoms with Crippen LogP contribution in [0.1, 0.15) is 49.8 Å². The molecule has 6 nitrogen and oxygen atoms in total. The first-order chi connectivity index (χ1) is 11.8. The second kappa shape index (κ2) is 6.82. The first kappa shape index (κ1) is 15.5. The Bertz CT molecular complexity index is 815. The third kappa shape index (κ3) is 3.39. The van der Waals surface area contributed by atoms with Crippen LogP contribution < -0.4 is 5.32 Å². The number of rotatable bonds is 5. The molecule has 1 N–H and O–H groups in total. The molecule has 4 rings (SSSR count). The molecular formula is C16H16N4O2S2. The fourth-order valence-corrected chi connectivity index (χ4v) is 4.45. The highest BCUT2D eigenvalue weighted by Crippen LogP contribution is 2.26. The largest absolute Gasteiger partial charge is 0.341 e. The van der Waals surface area contributed by atoms with Crippen molar-refractivity contribution in [1.29, 1.82) is 0 Å². The predicted molar refractivity (Wildman–Crippen MR) is 91.3 cm³/mol. The Morgan fingerprint density at radius 1 is 1.29 bits per heavy atom. The van der Waals surface area contributed by atoms with E-state index >= 15 is 0 Å². The van der Waals surface area contributed by atoms with Crippen LogP contribution in [0.4, 0.5) is 0 Å². The lowest BCUT2D eigenvalue weighted by atomic mass is 10.0. The second-order valence-corrected chi connectivity index (χ2v) is 7.76. The predicted octanol–water partition coefficient (Wildman–Crippen LogP) is 2.99. The van der Waals surface area contributed by atoms with Crippen molar-refractivity contribution < 1.29 is 9.32 Å². The SMILES string of the molecule is O=C(NCc1nc(Cc2cccs2)no1)c1nc2c(s1)CCCC2. The first-order valence-corrected chi connectivity index (χ1v) is 9.58. The molecule has 0 unspecified atom stereocenters. The lowest BCUT2D eigenvalue weighted by Crippen LogP contribution is -2.22. The van der Waals surface area contributed by atoms with Crippen LogP contribution in [-0.2, 0) is 25.8 Å². The molecule has 0 radical (unpaired) electrons. The Labute approximate surface area is 146 Å². The van der Waals surface area contributed by atoms with Crippen LogP contribution in [0.2, 0.25) is 0 Å². The van der Waals surface area contributed by atoms with Gasteiger partial charge in [-0.15, -0.1) is 22.7 Å². The summed E-state index contributed by atoms with van der Waals surface area (Å²) < 4.78 is 5.19. The molecule has 0 saturated carbocycles. The molecule has 3 aromatic heterocycles. The Kier molecular flexibility index (Phi) is 4.40. The molecule has 3 heterocycles. The van der Waals surface area contributed by atoms with Crippen LogP contribution in [0.3, 0.4) is 0 Å². The summed E-state index contributed by atoms with van der Waals surface area (Å²) >= 11 is 3.16. The van der Waals surface area contributed by atoms with Gasteiger partial charge in [0.25, 0.3) is 5.91 Å². The van der Waals surface area contributed by atoms with E-state index < -0.39 is 0 Å². The van der Waals surface area contributed by atoms with E-state index in [4.69, 9.17) is 4.52 Å². The topological polar surface area (TPSA) is 80.9 Å². The van der Waals surface area contributed by atoms with Gasteiger partial charge < -0.3 is 9.84 Å². The van der Waals surface area contributed by atoms with Crippen LogP contribution in [0.5, 0.6) is 0 Å². The van der Waals surface area contributed by atoms with Gasteiger partial charge in [0.15, 0.2) is 10.8 Å². The fraction of sp³-hybridized carbons (Fsp3) is 0.375. The summed E-state index contributed by atoms with van der Waals surface area (Å²) in [5.41, 5.74) is 1.09. The normalized spacial score (nSPS) is 13.7. The van der Waals surface area contributed by atoms with E-state index in [-0.39, 0.29) is 12.5 Å². The number of hydrogen-bond donors (Lipinski definition) is 1. The van der Waals surface area contributed by atoms with Crippen molar-refractivity contribution >= 4 is 28.6 Å². The fourth-order valence-electron chi connectivity index (χ4n) is 2.68. The summed E-state index contributed by atoms with van der Waals surface area (Å²) in [4.78, 5) is 23.5. The van der Waals surface area contributed by atoms with Gasteiger partial charge in [0.05, 0.1) is 12.2 Å². The number of hydrogen-bond acceptors (Lipinski definition) is 7. The van der Waals surface area contributed by atoms with Gasteiger partial charge in [0, 0.05) is 16.2 Å². The van der Waals surface area contributed by atoms with Crippen LogP contribution >= 0.6 is 22.7 Å². The zero-order valence-electron chi connectivity index (χ0n) is 12.9. The van der Waals surface area contributed by atoms with Gasteiger partial charge in [-0.2, -0.15) is 4.98 Å². The van der Waals surface area contributed by atoms with Crippen molar-refractivity contribution in [2.75, 3.05) is 0 Å². The van der Waals surface area contributed by atoms with Gasteiger partial charge in [0.1, 0.15) is 0 Å². The summed E-state index contributed by atoms with van der Waals surface area (Å²) in [6.07, 6.45) is 5.01. The highest BCUT2D eigenvalue weighted by molar-refractivity contribution is 7.13. The number of fused-ring (bicyclic) bond motifs is 1. The summed E-state index contributed by atoms with van der Waals surface area (Å²) in [6, 6.07) is 4.03. The van der Waals surface area contributed by atoms with Crippen molar-refractivity contribution in [1.82, 2.24) is 20.4 Å². The molecule has 0 spiro atoms. The standard InChI is InChI=1S/C16H16N4O2S2/c21-15(16-18-11-5-1-2-6-12(11)24-16)17-9-14-19-13(20-22-14)8-10-4-3-7-23-10/h3-4,7H,1-2,5-6,8-9H2,(H,17,21). The number of carbonyl (C=O) groups is 1. The molecule has 1 aliphatic rings. The molecule has 124 valence electrons. The average molecular weight is 360 g/mol. The molecule has 0 aliphatic heterocycles. The van der Waals surface area contributed by atoms with Gasteiger partial charge in [-0.05, 0) is 37.1 Å². The molecule has 24 heavy (non-hydrogen) atoms. The lowest BCUT2D eigenvalue weighted by Gasteiger charge is -2.06. The first-order valence-electron chi connectivity index (χ1n) is 7.88. The zero-order chi connectivity index (χ0) is 16.4. The number of thiazole rings is 1. The molecule has 0 saturated heterocycles. The van der Waals surface area contributed by atoms with Gasteiger partial charge in [-0.25, -0.2) is 4.98 Å². The number of aryl methyl sites for hydroxylation is 2. The van der Waals surface area contributed by atoms with Crippen molar-refractivity contribution in [3.63, 3.8) is 0 Å². The van der Waals surface area contributed by atoms with Crippen LogP contribution in [0.15, 0.2) is 22.0 Å². The maximum absolute atomic E-state index is 12.2. The van der Waals surface area contributed by atoms with Gasteiger partial charge in [-0.3, -0.25) is 4.79 Å². The molecule has 1 aliphatic carbocycles. The molecular weight excluding hydrogens is 344 g/mol.